The van der Waals surface area contributed by atoms with Crippen molar-refractivity contribution in [1.29, 1.82) is 0 Å². The molecule has 0 radical (unpaired) electrons. The quantitative estimate of drug-likeness (QED) is 0.738. The molecule has 120 valence electrons. The molecule has 2 amide bonds. The number of carbonyl (C=O) groups is 2. The lowest BCUT2D eigenvalue weighted by Gasteiger charge is -2.11. The van der Waals surface area contributed by atoms with Crippen LogP contribution >= 0.6 is 0 Å². The maximum absolute atomic E-state index is 12.1. The van der Waals surface area contributed by atoms with Gasteiger partial charge in [-0.2, -0.15) is 0 Å². The van der Waals surface area contributed by atoms with Gasteiger partial charge in [0.25, 0.3) is 5.91 Å². The predicted molar refractivity (Wildman–Crippen MR) is 90.6 cm³/mol. The van der Waals surface area contributed by atoms with E-state index in [2.05, 4.69) is 10.6 Å². The number of phenols is 1. The molecule has 0 unspecified atom stereocenters. The molecule has 5 heteroatoms. The van der Waals surface area contributed by atoms with E-state index in [0.717, 1.165) is 0 Å². The number of anilines is 2. The molecule has 0 atom stereocenters. The van der Waals surface area contributed by atoms with Crippen LogP contribution in [-0.4, -0.2) is 16.9 Å². The summed E-state index contributed by atoms with van der Waals surface area (Å²) in [7, 11) is 0. The van der Waals surface area contributed by atoms with Crippen molar-refractivity contribution in [3.8, 4) is 5.75 Å². The summed E-state index contributed by atoms with van der Waals surface area (Å²) in [6.07, 6.45) is 0.410. The SMILES string of the molecule is CC(C)CC(=O)Nc1ccc(NC(=O)c2ccccc2)c(O)c1. The van der Waals surface area contributed by atoms with Gasteiger partial charge in [0, 0.05) is 23.7 Å². The molecule has 0 fully saturated rings. The number of rotatable bonds is 5. The standard InChI is InChI=1S/C18H20N2O3/c1-12(2)10-17(22)19-14-8-9-15(16(21)11-14)20-18(23)13-6-4-3-5-7-13/h3-9,11-12,21H,10H2,1-2H3,(H,19,22)(H,20,23). The Bertz CT molecular complexity index is 697. The van der Waals surface area contributed by atoms with Gasteiger partial charge in [0.2, 0.25) is 5.91 Å². The van der Waals surface area contributed by atoms with Crippen LogP contribution in [0.15, 0.2) is 48.5 Å². The molecule has 5 nitrogen and oxygen atoms in total. The second-order valence-corrected chi connectivity index (χ2v) is 5.70. The number of amides is 2. The zero-order valence-electron chi connectivity index (χ0n) is 13.2. The fourth-order valence-corrected chi connectivity index (χ4v) is 2.08. The molecule has 2 rings (SSSR count). The largest absolute Gasteiger partial charge is 0.506 e. The highest BCUT2D eigenvalue weighted by Crippen LogP contribution is 2.27. The van der Waals surface area contributed by atoms with Crippen LogP contribution in [0, 0.1) is 5.92 Å². The van der Waals surface area contributed by atoms with Gasteiger partial charge in [-0.15, -0.1) is 0 Å². The monoisotopic (exact) mass is 312 g/mol. The van der Waals surface area contributed by atoms with E-state index in [4.69, 9.17) is 0 Å². The normalized spacial score (nSPS) is 10.4. The molecule has 2 aromatic rings. The molecule has 0 heterocycles. The van der Waals surface area contributed by atoms with Crippen molar-refractivity contribution in [2.45, 2.75) is 20.3 Å². The zero-order chi connectivity index (χ0) is 16.8. The van der Waals surface area contributed by atoms with E-state index < -0.39 is 0 Å². The van der Waals surface area contributed by atoms with E-state index >= 15 is 0 Å². The summed E-state index contributed by atoms with van der Waals surface area (Å²) in [5.41, 5.74) is 1.28. The van der Waals surface area contributed by atoms with Gasteiger partial charge >= 0.3 is 0 Å². The molecule has 23 heavy (non-hydrogen) atoms. The summed E-state index contributed by atoms with van der Waals surface area (Å²) in [6.45, 7) is 3.92. The maximum atomic E-state index is 12.1. The topological polar surface area (TPSA) is 78.4 Å². The number of phenolic OH excluding ortho intramolecular Hbond substituents is 1. The summed E-state index contributed by atoms with van der Waals surface area (Å²) >= 11 is 0. The smallest absolute Gasteiger partial charge is 0.255 e. The van der Waals surface area contributed by atoms with Gasteiger partial charge in [-0.3, -0.25) is 9.59 Å². The Labute approximate surface area is 135 Å². The van der Waals surface area contributed by atoms with Crippen molar-refractivity contribution < 1.29 is 14.7 Å². The van der Waals surface area contributed by atoms with Gasteiger partial charge in [0.15, 0.2) is 0 Å². The fraction of sp³-hybridized carbons (Fsp3) is 0.222. The minimum Gasteiger partial charge on any atom is -0.506 e. The Balaban J connectivity index is 2.05. The van der Waals surface area contributed by atoms with Crippen LogP contribution in [0.3, 0.4) is 0 Å². The van der Waals surface area contributed by atoms with E-state index in [-0.39, 0.29) is 23.5 Å². The van der Waals surface area contributed by atoms with Crippen molar-refractivity contribution >= 4 is 23.2 Å². The van der Waals surface area contributed by atoms with Crippen LogP contribution < -0.4 is 10.6 Å². The Hall–Kier alpha value is -2.82. The minimum absolute atomic E-state index is 0.100. The molecule has 0 aliphatic carbocycles. The van der Waals surface area contributed by atoms with Gasteiger partial charge in [-0.1, -0.05) is 32.0 Å². The average molecular weight is 312 g/mol. The lowest BCUT2D eigenvalue weighted by atomic mass is 10.1. The number of benzene rings is 2. The highest BCUT2D eigenvalue weighted by Gasteiger charge is 2.10. The third kappa shape index (κ3) is 4.85. The van der Waals surface area contributed by atoms with Crippen molar-refractivity contribution in [1.82, 2.24) is 0 Å². The van der Waals surface area contributed by atoms with Crippen LogP contribution in [-0.2, 0) is 4.79 Å². The molecule has 0 saturated carbocycles. The molecule has 0 bridgehead atoms. The first-order valence-electron chi connectivity index (χ1n) is 7.45. The molecular formula is C18H20N2O3. The van der Waals surface area contributed by atoms with Gasteiger partial charge in [0.1, 0.15) is 5.75 Å². The first-order chi connectivity index (χ1) is 11.0. The fourth-order valence-electron chi connectivity index (χ4n) is 2.08. The molecule has 0 saturated heterocycles. The van der Waals surface area contributed by atoms with E-state index in [9.17, 15) is 14.7 Å². The molecule has 0 spiro atoms. The third-order valence-corrected chi connectivity index (χ3v) is 3.16. The van der Waals surface area contributed by atoms with Gasteiger partial charge in [-0.25, -0.2) is 0 Å². The second-order valence-electron chi connectivity index (χ2n) is 5.70. The highest BCUT2D eigenvalue weighted by molar-refractivity contribution is 6.05. The van der Waals surface area contributed by atoms with E-state index in [1.807, 2.05) is 19.9 Å². The lowest BCUT2D eigenvalue weighted by molar-refractivity contribution is -0.116. The number of aromatic hydroxyl groups is 1. The summed E-state index contributed by atoms with van der Waals surface area (Å²) in [6, 6.07) is 13.3. The molecule has 0 aliphatic rings. The first kappa shape index (κ1) is 16.5. The summed E-state index contributed by atoms with van der Waals surface area (Å²) in [5.74, 6) is -0.261. The highest BCUT2D eigenvalue weighted by atomic mass is 16.3. The molecular weight excluding hydrogens is 292 g/mol. The molecule has 0 aromatic heterocycles. The maximum Gasteiger partial charge on any atom is 0.255 e. The van der Waals surface area contributed by atoms with Crippen LogP contribution in [0.2, 0.25) is 0 Å². The van der Waals surface area contributed by atoms with E-state index in [1.54, 1.807) is 36.4 Å². The number of carbonyl (C=O) groups excluding carboxylic acids is 2. The van der Waals surface area contributed by atoms with Crippen molar-refractivity contribution in [3.05, 3.63) is 54.1 Å². The number of hydrogen-bond acceptors (Lipinski definition) is 3. The van der Waals surface area contributed by atoms with Crippen LogP contribution in [0.5, 0.6) is 5.75 Å². The lowest BCUT2D eigenvalue weighted by Crippen LogP contribution is -2.14. The first-order valence-corrected chi connectivity index (χ1v) is 7.45. The molecule has 2 aromatic carbocycles. The van der Waals surface area contributed by atoms with Crippen LogP contribution in [0.4, 0.5) is 11.4 Å². The molecule has 0 aliphatic heterocycles. The Morgan fingerprint density at radius 3 is 2.35 bits per heavy atom. The average Bonchev–Trinajstić information content (AvgIpc) is 2.50. The third-order valence-electron chi connectivity index (χ3n) is 3.16. The zero-order valence-corrected chi connectivity index (χ0v) is 13.2. The Morgan fingerprint density at radius 2 is 1.74 bits per heavy atom. The van der Waals surface area contributed by atoms with Crippen molar-refractivity contribution in [2.24, 2.45) is 5.92 Å². The predicted octanol–water partition coefficient (Wildman–Crippen LogP) is 3.63. The molecule has 3 N–H and O–H groups in total. The second kappa shape index (κ2) is 7.45. The summed E-state index contributed by atoms with van der Waals surface area (Å²) in [4.78, 5) is 23.8. The Kier molecular flexibility index (Phi) is 5.36. The van der Waals surface area contributed by atoms with Crippen LogP contribution in [0.1, 0.15) is 30.6 Å². The van der Waals surface area contributed by atoms with E-state index in [1.165, 1.54) is 6.07 Å². The van der Waals surface area contributed by atoms with Gasteiger partial charge in [0.05, 0.1) is 5.69 Å². The van der Waals surface area contributed by atoms with Crippen LogP contribution in [0.25, 0.3) is 0 Å². The van der Waals surface area contributed by atoms with E-state index in [0.29, 0.717) is 23.4 Å². The summed E-state index contributed by atoms with van der Waals surface area (Å²) < 4.78 is 0. The minimum atomic E-state index is -0.308. The Morgan fingerprint density at radius 1 is 1.04 bits per heavy atom. The van der Waals surface area contributed by atoms with Crippen molar-refractivity contribution in [3.63, 3.8) is 0 Å². The van der Waals surface area contributed by atoms with Crippen molar-refractivity contribution in [2.75, 3.05) is 10.6 Å². The van der Waals surface area contributed by atoms with Gasteiger partial charge < -0.3 is 15.7 Å². The van der Waals surface area contributed by atoms with Gasteiger partial charge in [-0.05, 0) is 30.2 Å². The number of hydrogen-bond donors (Lipinski definition) is 3. The summed E-state index contributed by atoms with van der Waals surface area (Å²) in [5, 5.41) is 15.4. The number of nitrogens with one attached hydrogen (secondary N) is 2.